The van der Waals surface area contributed by atoms with Gasteiger partial charge in [0.25, 0.3) is 17.0 Å². The first-order valence-electron chi connectivity index (χ1n) is 18.2. The fraction of sp³-hybridized carbons (Fsp3) is 0.400. The third-order valence-electron chi connectivity index (χ3n) is 11.3. The van der Waals surface area contributed by atoms with Gasteiger partial charge >= 0.3 is 0 Å². The van der Waals surface area contributed by atoms with E-state index in [9.17, 15) is 24.3 Å². The number of anilines is 1. The van der Waals surface area contributed by atoms with Gasteiger partial charge in [0.15, 0.2) is 25.4 Å². The number of carbonyl (C=O) groups is 2. The zero-order valence-corrected chi connectivity index (χ0v) is 32.1. The third-order valence-corrected chi connectivity index (χ3v) is 13.8. The molecule has 5 heterocycles. The largest absolute Gasteiger partial charge is 0.491 e. The number of rotatable bonds is 10. The number of carbonyl (C=O) groups excluding carboxylic acids is 2. The standard InChI is InChI=1S/C40H46N4O9Si/c1-25-36(54(4,5)50)34(22-35(46)41-17-7-12-29(41)24-45)53-40(25)30-21-28(43-19-9-14-33(52-3)38(43)48)15-16-31(30)44(39(40)49)23-26-10-6-11-27(20-26)42-18-8-13-32(51-2)37(42)47/h6,8-11,13-16,18-21,25,29,34,36,45,50H,7,12,17,22-24H2,1-5H3/t25-,29+,34+,36-,40+/m1/s1. The Morgan fingerprint density at radius 2 is 1.57 bits per heavy atom. The van der Waals surface area contributed by atoms with Crippen molar-refractivity contribution in [3.8, 4) is 22.9 Å². The van der Waals surface area contributed by atoms with Gasteiger partial charge in [-0.15, -0.1) is 0 Å². The van der Waals surface area contributed by atoms with Gasteiger partial charge in [0.1, 0.15) is 0 Å². The maximum atomic E-state index is 15.2. The van der Waals surface area contributed by atoms with E-state index in [1.54, 1.807) is 83.8 Å². The quantitative estimate of drug-likeness (QED) is 0.231. The van der Waals surface area contributed by atoms with Crippen LogP contribution in [0.1, 0.15) is 37.3 Å². The molecule has 2 fully saturated rings. The number of aliphatic hydroxyl groups is 1. The van der Waals surface area contributed by atoms with Crippen LogP contribution in [0.3, 0.4) is 0 Å². The molecule has 54 heavy (non-hydrogen) atoms. The number of aliphatic hydroxyl groups excluding tert-OH is 1. The Labute approximate surface area is 314 Å². The Hall–Kier alpha value is -5.02. The zero-order valence-electron chi connectivity index (χ0n) is 31.1. The Balaban J connectivity index is 1.34. The summed E-state index contributed by atoms with van der Waals surface area (Å²) in [5, 5.41) is 9.96. The molecule has 2 amide bonds. The van der Waals surface area contributed by atoms with Crippen LogP contribution in [0.25, 0.3) is 11.4 Å². The van der Waals surface area contributed by atoms with Gasteiger partial charge in [0.05, 0.1) is 51.6 Å². The summed E-state index contributed by atoms with van der Waals surface area (Å²) in [6.07, 6.45) is 3.92. The van der Waals surface area contributed by atoms with Crippen LogP contribution >= 0.6 is 0 Å². The molecule has 0 saturated carbocycles. The summed E-state index contributed by atoms with van der Waals surface area (Å²) in [6, 6.07) is 19.0. The van der Waals surface area contributed by atoms with Crippen molar-refractivity contribution in [2.45, 2.75) is 69.1 Å². The lowest BCUT2D eigenvalue weighted by molar-refractivity contribution is -0.150. The predicted molar refractivity (Wildman–Crippen MR) is 204 cm³/mol. The monoisotopic (exact) mass is 754 g/mol. The molecule has 2 aromatic heterocycles. The molecule has 4 aromatic rings. The van der Waals surface area contributed by atoms with Crippen LogP contribution < -0.4 is 25.5 Å². The summed E-state index contributed by atoms with van der Waals surface area (Å²) in [5.74, 6) is -0.754. The summed E-state index contributed by atoms with van der Waals surface area (Å²) in [7, 11) is -0.243. The SMILES string of the molecule is COc1cccn(-c2cccc(CN3C(=O)[C@@]4(O[C@@H](CC(=O)N5CCC[C@H]5CO)[C@H]([Si](C)(C)O)[C@H]4C)c4cc(-n5cccc(OC)c5=O)ccc43)c2)c1=O. The number of hydrogen-bond donors (Lipinski definition) is 2. The highest BCUT2D eigenvalue weighted by molar-refractivity contribution is 6.71. The number of methoxy groups -OCH3 is 2. The highest BCUT2D eigenvalue weighted by Gasteiger charge is 2.66. The fourth-order valence-corrected chi connectivity index (χ4v) is 11.4. The topological polar surface area (TPSA) is 153 Å². The summed E-state index contributed by atoms with van der Waals surface area (Å²) >= 11 is 0. The highest BCUT2D eigenvalue weighted by Crippen LogP contribution is 2.60. The number of ether oxygens (including phenoxy) is 3. The summed E-state index contributed by atoms with van der Waals surface area (Å²) in [6.45, 7) is 6.01. The molecule has 7 rings (SSSR count). The summed E-state index contributed by atoms with van der Waals surface area (Å²) < 4.78 is 20.5. The Morgan fingerprint density at radius 3 is 2.19 bits per heavy atom. The zero-order chi connectivity index (χ0) is 38.5. The van der Waals surface area contributed by atoms with Crippen LogP contribution in [0, 0.1) is 5.92 Å². The molecular formula is C40H46N4O9Si. The van der Waals surface area contributed by atoms with E-state index in [1.807, 2.05) is 25.1 Å². The van der Waals surface area contributed by atoms with Crippen LogP contribution in [0.2, 0.25) is 18.6 Å². The summed E-state index contributed by atoms with van der Waals surface area (Å²) in [5.41, 5.74) is 0.0922. The van der Waals surface area contributed by atoms with Gasteiger partial charge in [0.2, 0.25) is 5.91 Å². The van der Waals surface area contributed by atoms with E-state index >= 15 is 4.79 Å². The number of benzene rings is 2. The molecule has 14 heteroatoms. The van der Waals surface area contributed by atoms with Gasteiger partial charge in [-0.25, -0.2) is 0 Å². The predicted octanol–water partition coefficient (Wildman–Crippen LogP) is 3.72. The lowest BCUT2D eigenvalue weighted by Crippen LogP contribution is -2.46. The van der Waals surface area contributed by atoms with Crippen molar-refractivity contribution >= 4 is 25.8 Å². The van der Waals surface area contributed by atoms with Crippen molar-refractivity contribution in [2.24, 2.45) is 5.92 Å². The number of nitrogens with zero attached hydrogens (tertiary/aromatic N) is 4. The normalized spacial score (nSPS) is 23.6. The minimum atomic E-state index is -3.11. The highest BCUT2D eigenvalue weighted by atomic mass is 28.4. The van der Waals surface area contributed by atoms with Crippen molar-refractivity contribution in [1.29, 1.82) is 0 Å². The second kappa shape index (κ2) is 14.3. The molecule has 0 unspecified atom stereocenters. The van der Waals surface area contributed by atoms with E-state index in [4.69, 9.17) is 14.2 Å². The molecule has 0 bridgehead atoms. The molecule has 2 N–H and O–H groups in total. The van der Waals surface area contributed by atoms with E-state index in [-0.39, 0.29) is 60.0 Å². The number of likely N-dealkylation sites (tertiary alicyclic amines) is 1. The maximum Gasteiger partial charge on any atom is 0.297 e. The van der Waals surface area contributed by atoms with Crippen molar-refractivity contribution in [3.63, 3.8) is 0 Å². The average Bonchev–Trinajstić information content (AvgIpc) is 3.82. The number of fused-ring (bicyclic) bond motifs is 2. The van der Waals surface area contributed by atoms with Crippen LogP contribution in [0.5, 0.6) is 11.5 Å². The average molecular weight is 755 g/mol. The van der Waals surface area contributed by atoms with Gasteiger partial charge < -0.3 is 33.9 Å². The van der Waals surface area contributed by atoms with E-state index in [2.05, 4.69) is 0 Å². The molecule has 3 aliphatic rings. The van der Waals surface area contributed by atoms with Crippen LogP contribution in [0.4, 0.5) is 5.69 Å². The number of aromatic nitrogens is 2. The fourth-order valence-electron chi connectivity index (χ4n) is 8.87. The lowest BCUT2D eigenvalue weighted by Gasteiger charge is -2.33. The second-order valence-corrected chi connectivity index (χ2v) is 18.9. The molecular weight excluding hydrogens is 709 g/mol. The van der Waals surface area contributed by atoms with Gasteiger partial charge in [0, 0.05) is 47.3 Å². The van der Waals surface area contributed by atoms with Crippen LogP contribution in [-0.4, -0.2) is 83.6 Å². The summed E-state index contributed by atoms with van der Waals surface area (Å²) in [4.78, 5) is 70.7. The van der Waals surface area contributed by atoms with E-state index in [0.29, 0.717) is 35.6 Å². The first-order valence-corrected chi connectivity index (χ1v) is 21.2. The van der Waals surface area contributed by atoms with Crippen LogP contribution in [-0.2, 0) is 26.5 Å². The van der Waals surface area contributed by atoms with Crippen molar-refractivity contribution < 1.29 is 33.7 Å². The molecule has 1 spiro atoms. The van der Waals surface area contributed by atoms with E-state index in [1.165, 1.54) is 23.4 Å². The third kappa shape index (κ3) is 6.16. The lowest BCUT2D eigenvalue weighted by atomic mass is 9.82. The van der Waals surface area contributed by atoms with Crippen molar-refractivity contribution in [3.05, 3.63) is 111 Å². The molecule has 3 aliphatic heterocycles. The van der Waals surface area contributed by atoms with Gasteiger partial charge in [-0.2, -0.15) is 0 Å². The first-order chi connectivity index (χ1) is 25.8. The Bertz CT molecular complexity index is 2210. The molecule has 0 radical (unpaired) electrons. The van der Waals surface area contributed by atoms with Crippen molar-refractivity contribution in [2.75, 3.05) is 32.3 Å². The molecule has 2 aromatic carbocycles. The van der Waals surface area contributed by atoms with E-state index < -0.39 is 31.5 Å². The van der Waals surface area contributed by atoms with Gasteiger partial charge in [-0.1, -0.05) is 19.1 Å². The Kier molecular flexibility index (Phi) is 9.89. The van der Waals surface area contributed by atoms with Crippen molar-refractivity contribution in [1.82, 2.24) is 14.0 Å². The van der Waals surface area contributed by atoms with E-state index in [0.717, 1.165) is 12.0 Å². The molecule has 5 atom stereocenters. The maximum absolute atomic E-state index is 15.2. The van der Waals surface area contributed by atoms with Gasteiger partial charge in [-0.3, -0.25) is 28.3 Å². The number of amides is 2. The van der Waals surface area contributed by atoms with Gasteiger partial charge in [-0.05, 0) is 86.1 Å². The number of pyridine rings is 2. The van der Waals surface area contributed by atoms with Crippen LogP contribution in [0.15, 0.2) is 88.7 Å². The molecule has 2 saturated heterocycles. The minimum Gasteiger partial charge on any atom is -0.491 e. The smallest absolute Gasteiger partial charge is 0.297 e. The first kappa shape index (κ1) is 37.3. The number of hydrogen-bond acceptors (Lipinski definition) is 9. The molecule has 13 nitrogen and oxygen atoms in total. The molecule has 0 aliphatic carbocycles. The Morgan fingerprint density at radius 1 is 0.926 bits per heavy atom. The molecule has 284 valence electrons. The minimum absolute atomic E-state index is 0.0563. The second-order valence-electron chi connectivity index (χ2n) is 14.9.